The molecule has 204 valence electrons. The number of hydrogen-bond acceptors (Lipinski definition) is 6. The first-order valence-corrected chi connectivity index (χ1v) is 15.4. The second-order valence-electron chi connectivity index (χ2n) is 11.9. The first-order valence-electron chi connectivity index (χ1n) is 13.7. The van der Waals surface area contributed by atoms with E-state index in [1.54, 1.807) is 10.4 Å². The van der Waals surface area contributed by atoms with Gasteiger partial charge in [0.1, 0.15) is 6.10 Å². The van der Waals surface area contributed by atoms with Crippen LogP contribution in [-0.4, -0.2) is 71.3 Å². The Balaban J connectivity index is 1.47. The minimum Gasteiger partial charge on any atom is -0.504 e. The van der Waals surface area contributed by atoms with Gasteiger partial charge in [-0.1, -0.05) is 56.3 Å². The zero-order valence-electron chi connectivity index (χ0n) is 22.2. The highest BCUT2D eigenvalue weighted by molar-refractivity contribution is 7.88. The van der Waals surface area contributed by atoms with Crippen LogP contribution in [0.15, 0.2) is 55.1 Å². The minimum absolute atomic E-state index is 0.0585. The first kappa shape index (κ1) is 25.9. The van der Waals surface area contributed by atoms with Crippen LogP contribution >= 0.6 is 0 Å². The van der Waals surface area contributed by atoms with Crippen molar-refractivity contribution in [2.24, 2.45) is 5.92 Å². The smallest absolute Gasteiger partial charge is 0.218 e. The first-order chi connectivity index (χ1) is 18.1. The molecule has 38 heavy (non-hydrogen) atoms. The topological polar surface area (TPSA) is 90.3 Å². The largest absolute Gasteiger partial charge is 0.504 e. The van der Waals surface area contributed by atoms with Gasteiger partial charge in [-0.05, 0) is 55.3 Å². The van der Waals surface area contributed by atoms with Crippen LogP contribution in [0.1, 0.15) is 49.8 Å². The fourth-order valence-electron chi connectivity index (χ4n) is 7.97. The zero-order valence-corrected chi connectivity index (χ0v) is 23.0. The number of phenolic OH excluding ortho intramolecular Hbond substituents is 1. The lowest BCUT2D eigenvalue weighted by Crippen LogP contribution is -2.78. The minimum atomic E-state index is -3.70. The third-order valence-electron chi connectivity index (χ3n) is 9.37. The summed E-state index contributed by atoms with van der Waals surface area (Å²) in [7, 11) is -3.70. The summed E-state index contributed by atoms with van der Waals surface area (Å²) in [5.74, 6) is 0.516. The summed E-state index contributed by atoms with van der Waals surface area (Å²) in [6.07, 6.45) is 3.56. The quantitative estimate of drug-likeness (QED) is 0.500. The standard InChI is InChI=1S/C30H38N2O5S/c1-4-15-31-16-14-29-26-22-10-11-24(33)27(26)37-28(29)23(12-13-30(29,34)25(31)17-22)32(18-20(2)3)38(35,36)19-21-8-6-5-7-9-21/h4-11,20,23,25,28,33-34H,1,12-19H2,2-3H3/t23-,25+,28-,29-,30+/m0/s1. The van der Waals surface area contributed by atoms with Crippen molar-refractivity contribution < 1.29 is 23.4 Å². The number of aliphatic hydroxyl groups is 1. The maximum absolute atomic E-state index is 14.1. The molecule has 2 heterocycles. The molecule has 6 rings (SSSR count). The van der Waals surface area contributed by atoms with Gasteiger partial charge in [0.2, 0.25) is 10.0 Å². The Hall–Kier alpha value is -2.39. The third kappa shape index (κ3) is 3.60. The Morgan fingerprint density at radius 1 is 1.21 bits per heavy atom. The Morgan fingerprint density at radius 2 is 1.97 bits per heavy atom. The molecule has 2 aliphatic heterocycles. The van der Waals surface area contributed by atoms with Crippen LogP contribution in [0.2, 0.25) is 0 Å². The van der Waals surface area contributed by atoms with E-state index < -0.39 is 33.2 Å². The number of ether oxygens (including phenoxy) is 1. The summed E-state index contributed by atoms with van der Waals surface area (Å²) in [5, 5.41) is 23.5. The molecular weight excluding hydrogens is 500 g/mol. The van der Waals surface area contributed by atoms with E-state index in [2.05, 4.69) is 11.5 Å². The lowest BCUT2D eigenvalue weighted by atomic mass is 9.48. The molecule has 1 spiro atoms. The fraction of sp³-hybridized carbons (Fsp3) is 0.533. The van der Waals surface area contributed by atoms with Crippen molar-refractivity contribution in [3.05, 3.63) is 71.8 Å². The molecule has 0 radical (unpaired) electrons. The molecule has 2 aromatic carbocycles. The Morgan fingerprint density at radius 3 is 2.68 bits per heavy atom. The van der Waals surface area contributed by atoms with Gasteiger partial charge >= 0.3 is 0 Å². The van der Waals surface area contributed by atoms with Gasteiger partial charge < -0.3 is 14.9 Å². The van der Waals surface area contributed by atoms with E-state index in [4.69, 9.17) is 4.74 Å². The van der Waals surface area contributed by atoms with E-state index in [1.807, 2.05) is 56.3 Å². The molecule has 0 amide bonds. The van der Waals surface area contributed by atoms with Crippen molar-refractivity contribution in [1.29, 1.82) is 0 Å². The third-order valence-corrected chi connectivity index (χ3v) is 11.2. The van der Waals surface area contributed by atoms with Crippen molar-refractivity contribution in [1.82, 2.24) is 9.21 Å². The summed E-state index contributed by atoms with van der Waals surface area (Å²) in [4.78, 5) is 2.31. The second kappa shape index (κ2) is 9.08. The van der Waals surface area contributed by atoms with Crippen LogP contribution in [0.3, 0.4) is 0 Å². The Labute approximate surface area is 225 Å². The molecule has 2 fully saturated rings. The van der Waals surface area contributed by atoms with E-state index in [0.717, 1.165) is 23.2 Å². The number of rotatable bonds is 8. The van der Waals surface area contributed by atoms with Crippen LogP contribution in [0.5, 0.6) is 11.5 Å². The van der Waals surface area contributed by atoms with Gasteiger partial charge in [-0.25, -0.2) is 8.42 Å². The molecule has 0 aromatic heterocycles. The zero-order chi connectivity index (χ0) is 26.9. The molecule has 1 saturated heterocycles. The van der Waals surface area contributed by atoms with Crippen molar-refractivity contribution in [3.63, 3.8) is 0 Å². The molecule has 1 saturated carbocycles. The second-order valence-corrected chi connectivity index (χ2v) is 13.9. The Kier molecular flexibility index (Phi) is 6.18. The van der Waals surface area contributed by atoms with Crippen LogP contribution in [0.4, 0.5) is 0 Å². The highest BCUT2D eigenvalue weighted by Gasteiger charge is 2.73. The van der Waals surface area contributed by atoms with Crippen LogP contribution in [-0.2, 0) is 27.6 Å². The lowest BCUT2D eigenvalue weighted by Gasteiger charge is -2.64. The molecule has 2 aromatic rings. The molecule has 2 N–H and O–H groups in total. The summed E-state index contributed by atoms with van der Waals surface area (Å²) in [6, 6.07) is 12.3. The number of hydrogen-bond donors (Lipinski definition) is 2. The molecular formula is C30H38N2O5S. The Bertz CT molecular complexity index is 1350. The molecule has 0 unspecified atom stereocenters. The summed E-state index contributed by atoms with van der Waals surface area (Å²) in [6.45, 7) is 9.80. The van der Waals surface area contributed by atoms with Gasteiger partial charge in [0, 0.05) is 24.7 Å². The number of phenols is 1. The fourth-order valence-corrected chi connectivity index (χ4v) is 9.90. The maximum Gasteiger partial charge on any atom is 0.218 e. The van der Waals surface area contributed by atoms with E-state index in [-0.39, 0.29) is 23.5 Å². The molecule has 5 atom stereocenters. The van der Waals surface area contributed by atoms with E-state index >= 15 is 0 Å². The molecule has 2 aliphatic carbocycles. The summed E-state index contributed by atoms with van der Waals surface area (Å²) < 4.78 is 36.4. The predicted octanol–water partition coefficient (Wildman–Crippen LogP) is 3.59. The average molecular weight is 539 g/mol. The van der Waals surface area contributed by atoms with Gasteiger partial charge in [-0.2, -0.15) is 4.31 Å². The van der Waals surface area contributed by atoms with Gasteiger partial charge in [0.05, 0.1) is 22.8 Å². The number of aromatic hydroxyl groups is 1. The summed E-state index contributed by atoms with van der Waals surface area (Å²) in [5.41, 5.74) is 0.852. The lowest BCUT2D eigenvalue weighted by molar-refractivity contribution is -0.194. The van der Waals surface area contributed by atoms with E-state index in [9.17, 15) is 18.6 Å². The highest BCUT2D eigenvalue weighted by atomic mass is 32.2. The van der Waals surface area contributed by atoms with Crippen molar-refractivity contribution in [2.45, 2.75) is 74.5 Å². The van der Waals surface area contributed by atoms with E-state index in [1.165, 1.54) is 0 Å². The van der Waals surface area contributed by atoms with E-state index in [0.29, 0.717) is 44.5 Å². The van der Waals surface area contributed by atoms with Gasteiger partial charge in [0.15, 0.2) is 11.5 Å². The average Bonchev–Trinajstić information content (AvgIpc) is 3.22. The molecule has 4 aliphatic rings. The predicted molar refractivity (Wildman–Crippen MR) is 147 cm³/mol. The van der Waals surface area contributed by atoms with Gasteiger partial charge in [-0.15, -0.1) is 6.58 Å². The SMILES string of the molecule is C=CCN1CC[C@]23c4c5ccc(O)c4O[C@H]2[C@@H](N(CC(C)C)S(=O)(=O)Cc2ccccc2)CC[C@@]3(O)[C@H]1C5. The molecule has 2 bridgehead atoms. The number of benzene rings is 2. The van der Waals surface area contributed by atoms with Crippen molar-refractivity contribution in [2.75, 3.05) is 19.6 Å². The normalized spacial score (nSPS) is 31.8. The van der Waals surface area contributed by atoms with Gasteiger partial charge in [-0.3, -0.25) is 4.90 Å². The molecule has 7 nitrogen and oxygen atoms in total. The number of likely N-dealkylation sites (tertiary alicyclic amines) is 1. The van der Waals surface area contributed by atoms with Crippen molar-refractivity contribution >= 4 is 10.0 Å². The molecule has 8 heteroatoms. The van der Waals surface area contributed by atoms with Crippen LogP contribution in [0.25, 0.3) is 0 Å². The highest BCUT2D eigenvalue weighted by Crippen LogP contribution is 2.66. The van der Waals surface area contributed by atoms with Crippen molar-refractivity contribution in [3.8, 4) is 11.5 Å². The van der Waals surface area contributed by atoms with Gasteiger partial charge in [0.25, 0.3) is 0 Å². The monoisotopic (exact) mass is 538 g/mol. The summed E-state index contributed by atoms with van der Waals surface area (Å²) >= 11 is 0. The van der Waals surface area contributed by atoms with Crippen LogP contribution in [0, 0.1) is 5.92 Å². The van der Waals surface area contributed by atoms with Crippen LogP contribution < -0.4 is 4.74 Å². The number of piperidine rings is 1. The number of sulfonamides is 1. The number of nitrogens with zero attached hydrogens (tertiary/aromatic N) is 2. The maximum atomic E-state index is 14.1.